The highest BCUT2D eigenvalue weighted by atomic mass is 16.5. The molecule has 4 heteroatoms. The molecule has 22 heavy (non-hydrogen) atoms. The molecule has 0 bridgehead atoms. The van der Waals surface area contributed by atoms with Gasteiger partial charge in [0.15, 0.2) is 5.96 Å². The topological polar surface area (TPSA) is 45.7 Å². The van der Waals surface area contributed by atoms with Crippen LogP contribution in [0.25, 0.3) is 0 Å². The van der Waals surface area contributed by atoms with E-state index in [4.69, 9.17) is 4.74 Å². The van der Waals surface area contributed by atoms with E-state index >= 15 is 0 Å². The van der Waals surface area contributed by atoms with Crippen LogP contribution < -0.4 is 10.6 Å². The molecule has 0 amide bonds. The van der Waals surface area contributed by atoms with Gasteiger partial charge in [0.05, 0.1) is 0 Å². The molecular weight excluding hydrogens is 274 g/mol. The van der Waals surface area contributed by atoms with Crippen molar-refractivity contribution in [2.45, 2.75) is 33.6 Å². The van der Waals surface area contributed by atoms with Crippen molar-refractivity contribution in [2.24, 2.45) is 10.9 Å². The van der Waals surface area contributed by atoms with Crippen molar-refractivity contribution >= 4 is 5.96 Å². The first kappa shape index (κ1) is 18.5. The second-order valence-corrected chi connectivity index (χ2v) is 5.75. The number of benzene rings is 1. The van der Waals surface area contributed by atoms with Crippen molar-refractivity contribution in [3.05, 3.63) is 35.9 Å². The largest absolute Gasteiger partial charge is 0.381 e. The Kier molecular flexibility index (Phi) is 10.1. The molecule has 0 aliphatic carbocycles. The summed E-state index contributed by atoms with van der Waals surface area (Å²) < 4.78 is 5.57. The first-order valence-electron chi connectivity index (χ1n) is 8.36. The SMILES string of the molecule is CCNC(=NCCCOCC(C)C)NCCc1ccccc1. The summed E-state index contributed by atoms with van der Waals surface area (Å²) in [5.74, 6) is 1.49. The number of aliphatic imine (C=N–C) groups is 1. The molecular formula is C18H31N3O. The zero-order valence-corrected chi connectivity index (χ0v) is 14.3. The average Bonchev–Trinajstić information content (AvgIpc) is 2.51. The minimum absolute atomic E-state index is 0.598. The Morgan fingerprint density at radius 1 is 1.18 bits per heavy atom. The molecule has 1 aromatic carbocycles. The Hall–Kier alpha value is -1.55. The molecule has 0 saturated heterocycles. The van der Waals surface area contributed by atoms with E-state index in [2.05, 4.69) is 60.7 Å². The molecule has 1 rings (SSSR count). The minimum atomic E-state index is 0.598. The molecule has 0 spiro atoms. The van der Waals surface area contributed by atoms with E-state index < -0.39 is 0 Å². The fourth-order valence-electron chi connectivity index (χ4n) is 1.99. The van der Waals surface area contributed by atoms with Gasteiger partial charge in [0.2, 0.25) is 0 Å². The molecule has 0 radical (unpaired) electrons. The summed E-state index contributed by atoms with van der Waals surface area (Å²) in [6, 6.07) is 10.5. The number of guanidine groups is 1. The second kappa shape index (κ2) is 12.0. The van der Waals surface area contributed by atoms with Crippen LogP contribution in [-0.4, -0.2) is 38.8 Å². The van der Waals surface area contributed by atoms with Crippen LogP contribution in [0, 0.1) is 5.92 Å². The Bertz CT molecular complexity index is 404. The van der Waals surface area contributed by atoms with Gasteiger partial charge in [-0.25, -0.2) is 0 Å². The fourth-order valence-corrected chi connectivity index (χ4v) is 1.99. The predicted octanol–water partition coefficient (Wildman–Crippen LogP) is 2.85. The van der Waals surface area contributed by atoms with Crippen LogP contribution in [-0.2, 0) is 11.2 Å². The number of hydrogen-bond donors (Lipinski definition) is 2. The summed E-state index contributed by atoms with van der Waals surface area (Å²) in [5.41, 5.74) is 1.34. The third-order valence-electron chi connectivity index (χ3n) is 3.06. The molecule has 0 heterocycles. The van der Waals surface area contributed by atoms with Crippen molar-refractivity contribution < 1.29 is 4.74 Å². The third-order valence-corrected chi connectivity index (χ3v) is 3.06. The molecule has 4 nitrogen and oxygen atoms in total. The predicted molar refractivity (Wildman–Crippen MR) is 94.4 cm³/mol. The maximum Gasteiger partial charge on any atom is 0.191 e. The smallest absolute Gasteiger partial charge is 0.191 e. The van der Waals surface area contributed by atoms with Crippen molar-refractivity contribution in [3.63, 3.8) is 0 Å². The molecule has 0 unspecified atom stereocenters. The maximum absolute atomic E-state index is 5.57. The summed E-state index contributed by atoms with van der Waals surface area (Å²) in [5, 5.41) is 6.65. The van der Waals surface area contributed by atoms with Gasteiger partial charge in [-0.2, -0.15) is 0 Å². The van der Waals surface area contributed by atoms with Crippen LogP contribution in [0.15, 0.2) is 35.3 Å². The highest BCUT2D eigenvalue weighted by molar-refractivity contribution is 5.79. The standard InChI is InChI=1S/C18H31N3O/c1-4-19-18(20-12-8-14-22-15-16(2)3)21-13-11-17-9-6-5-7-10-17/h5-7,9-10,16H,4,8,11-15H2,1-3H3,(H2,19,20,21). The molecule has 0 atom stereocenters. The molecule has 1 aromatic rings. The summed E-state index contributed by atoms with van der Waals surface area (Å²) in [4.78, 5) is 4.58. The monoisotopic (exact) mass is 305 g/mol. The highest BCUT2D eigenvalue weighted by Gasteiger charge is 1.98. The van der Waals surface area contributed by atoms with Gasteiger partial charge in [-0.1, -0.05) is 44.2 Å². The lowest BCUT2D eigenvalue weighted by Gasteiger charge is -2.11. The Labute approximate surface area is 135 Å². The van der Waals surface area contributed by atoms with Crippen molar-refractivity contribution in [1.29, 1.82) is 0 Å². The fraction of sp³-hybridized carbons (Fsp3) is 0.611. The highest BCUT2D eigenvalue weighted by Crippen LogP contribution is 1.98. The molecule has 0 fully saturated rings. The lowest BCUT2D eigenvalue weighted by molar-refractivity contribution is 0.109. The van der Waals surface area contributed by atoms with Gasteiger partial charge in [-0.05, 0) is 31.2 Å². The number of nitrogens with one attached hydrogen (secondary N) is 2. The minimum Gasteiger partial charge on any atom is -0.381 e. The van der Waals surface area contributed by atoms with E-state index in [1.807, 2.05) is 6.07 Å². The van der Waals surface area contributed by atoms with E-state index in [0.29, 0.717) is 5.92 Å². The first-order valence-corrected chi connectivity index (χ1v) is 8.36. The molecule has 0 aliphatic rings. The summed E-state index contributed by atoms with van der Waals surface area (Å²) in [6.07, 6.45) is 1.96. The van der Waals surface area contributed by atoms with E-state index in [1.54, 1.807) is 0 Å². The van der Waals surface area contributed by atoms with Crippen molar-refractivity contribution in [1.82, 2.24) is 10.6 Å². The quantitative estimate of drug-likeness (QED) is 0.397. The van der Waals surface area contributed by atoms with Crippen LogP contribution >= 0.6 is 0 Å². The maximum atomic E-state index is 5.57. The lowest BCUT2D eigenvalue weighted by Crippen LogP contribution is -2.38. The molecule has 0 saturated carbocycles. The zero-order valence-electron chi connectivity index (χ0n) is 14.3. The van der Waals surface area contributed by atoms with Crippen LogP contribution in [0.1, 0.15) is 32.8 Å². The third kappa shape index (κ3) is 9.40. The van der Waals surface area contributed by atoms with Crippen molar-refractivity contribution in [3.8, 4) is 0 Å². The lowest BCUT2D eigenvalue weighted by atomic mass is 10.1. The number of rotatable bonds is 10. The van der Waals surface area contributed by atoms with E-state index in [-0.39, 0.29) is 0 Å². The first-order chi connectivity index (χ1) is 10.7. The van der Waals surface area contributed by atoms with Crippen LogP contribution in [0.2, 0.25) is 0 Å². The van der Waals surface area contributed by atoms with Gasteiger partial charge in [0.25, 0.3) is 0 Å². The van der Waals surface area contributed by atoms with E-state index in [1.165, 1.54) is 5.56 Å². The Morgan fingerprint density at radius 3 is 2.64 bits per heavy atom. The Balaban J connectivity index is 2.21. The van der Waals surface area contributed by atoms with E-state index in [9.17, 15) is 0 Å². The zero-order chi connectivity index (χ0) is 16.0. The summed E-state index contributed by atoms with van der Waals surface area (Å²) in [6.45, 7) is 10.6. The van der Waals surface area contributed by atoms with Crippen molar-refractivity contribution in [2.75, 3.05) is 32.8 Å². The average molecular weight is 305 g/mol. The number of ether oxygens (including phenoxy) is 1. The molecule has 2 N–H and O–H groups in total. The number of nitrogens with zero attached hydrogens (tertiary/aromatic N) is 1. The Morgan fingerprint density at radius 2 is 1.95 bits per heavy atom. The van der Waals surface area contributed by atoms with Gasteiger partial charge in [0, 0.05) is 32.8 Å². The molecule has 124 valence electrons. The molecule has 0 aliphatic heterocycles. The van der Waals surface area contributed by atoms with Gasteiger partial charge in [0.1, 0.15) is 0 Å². The normalized spacial score (nSPS) is 11.7. The van der Waals surface area contributed by atoms with Gasteiger partial charge < -0.3 is 15.4 Å². The van der Waals surface area contributed by atoms with Gasteiger partial charge >= 0.3 is 0 Å². The molecule has 0 aromatic heterocycles. The van der Waals surface area contributed by atoms with Gasteiger partial charge in [-0.3, -0.25) is 4.99 Å². The van der Waals surface area contributed by atoms with Crippen LogP contribution in [0.4, 0.5) is 0 Å². The second-order valence-electron chi connectivity index (χ2n) is 5.75. The van der Waals surface area contributed by atoms with Gasteiger partial charge in [-0.15, -0.1) is 0 Å². The van der Waals surface area contributed by atoms with E-state index in [0.717, 1.165) is 51.6 Å². The van der Waals surface area contributed by atoms with Crippen LogP contribution in [0.3, 0.4) is 0 Å². The van der Waals surface area contributed by atoms with Crippen LogP contribution in [0.5, 0.6) is 0 Å². The number of hydrogen-bond acceptors (Lipinski definition) is 2. The summed E-state index contributed by atoms with van der Waals surface area (Å²) >= 11 is 0. The summed E-state index contributed by atoms with van der Waals surface area (Å²) in [7, 11) is 0.